The van der Waals surface area contributed by atoms with E-state index < -0.39 is 6.04 Å². The highest BCUT2D eigenvalue weighted by Gasteiger charge is 2.27. The molecule has 0 aromatic heterocycles. The molecule has 1 aliphatic rings. The Morgan fingerprint density at radius 2 is 1.94 bits per heavy atom. The molecule has 0 saturated carbocycles. The molecule has 0 bridgehead atoms. The summed E-state index contributed by atoms with van der Waals surface area (Å²) in [5.41, 5.74) is 0. The van der Waals surface area contributed by atoms with Crippen LogP contribution >= 0.6 is 0 Å². The maximum atomic E-state index is 11.6. The molecule has 17 heavy (non-hydrogen) atoms. The molecular weight excluding hydrogens is 222 g/mol. The van der Waals surface area contributed by atoms with E-state index in [0.717, 1.165) is 6.20 Å². The second kappa shape index (κ2) is 4.47. The zero-order valence-corrected chi connectivity index (χ0v) is 9.54. The Bertz CT molecular complexity index is 469. The van der Waals surface area contributed by atoms with E-state index in [4.69, 9.17) is 9.47 Å². The summed E-state index contributed by atoms with van der Waals surface area (Å²) >= 11 is 0. The van der Waals surface area contributed by atoms with Crippen LogP contribution in [0.4, 0.5) is 0 Å². The summed E-state index contributed by atoms with van der Waals surface area (Å²) in [4.78, 5) is 11.6. The lowest BCUT2D eigenvalue weighted by atomic mass is 10.2. The van der Waals surface area contributed by atoms with Crippen molar-refractivity contribution < 1.29 is 14.3 Å². The monoisotopic (exact) mass is 234 g/mol. The average molecular weight is 234 g/mol. The first-order chi connectivity index (χ1) is 8.13. The SMILES string of the molecule is COc1ccccc1OC1=CN([O-])C(C)C1=O. The molecule has 0 fully saturated rings. The average Bonchev–Trinajstić information content (AvgIpc) is 2.58. The van der Waals surface area contributed by atoms with E-state index in [2.05, 4.69) is 0 Å². The van der Waals surface area contributed by atoms with E-state index >= 15 is 0 Å². The number of methoxy groups -OCH3 is 1. The molecule has 1 unspecified atom stereocenters. The van der Waals surface area contributed by atoms with Gasteiger partial charge in [0, 0.05) is 6.20 Å². The number of hydrogen-bond acceptors (Lipinski definition) is 5. The zero-order chi connectivity index (χ0) is 12.4. The number of ether oxygens (including phenoxy) is 2. The van der Waals surface area contributed by atoms with Gasteiger partial charge in [-0.2, -0.15) is 0 Å². The number of carbonyl (C=O) groups excluding carboxylic acids is 1. The molecule has 1 aliphatic heterocycles. The standard InChI is InChI=1S/C12H12NO4/c1-8-12(14)11(7-13(8)15)17-10-6-4-3-5-9(10)16-2/h3-8H,1-2H3/q-1. The fourth-order valence-electron chi connectivity index (χ4n) is 1.51. The first-order valence-electron chi connectivity index (χ1n) is 5.16. The van der Waals surface area contributed by atoms with Crippen molar-refractivity contribution in [2.45, 2.75) is 13.0 Å². The van der Waals surface area contributed by atoms with Gasteiger partial charge < -0.3 is 19.7 Å². The van der Waals surface area contributed by atoms with Gasteiger partial charge >= 0.3 is 0 Å². The fraction of sp³-hybridized carbons (Fsp3) is 0.250. The summed E-state index contributed by atoms with van der Waals surface area (Å²) in [6.07, 6.45) is 1.15. The van der Waals surface area contributed by atoms with Crippen molar-refractivity contribution in [2.24, 2.45) is 0 Å². The first-order valence-corrected chi connectivity index (χ1v) is 5.16. The minimum atomic E-state index is -0.722. The van der Waals surface area contributed by atoms with E-state index in [1.165, 1.54) is 14.0 Å². The molecule has 2 rings (SSSR count). The quantitative estimate of drug-likeness (QED) is 0.796. The Morgan fingerprint density at radius 1 is 1.29 bits per heavy atom. The third-order valence-corrected chi connectivity index (χ3v) is 2.54. The van der Waals surface area contributed by atoms with E-state index in [1.807, 2.05) is 0 Å². The molecule has 1 atom stereocenters. The minimum Gasteiger partial charge on any atom is -0.758 e. The molecule has 5 heteroatoms. The van der Waals surface area contributed by atoms with Crippen molar-refractivity contribution in [2.75, 3.05) is 7.11 Å². The normalized spacial score (nSPS) is 19.2. The summed E-state index contributed by atoms with van der Waals surface area (Å²) in [6, 6.07) is 6.22. The Kier molecular flexibility index (Phi) is 3.01. The highest BCUT2D eigenvalue weighted by atomic mass is 16.5. The molecule has 0 spiro atoms. The van der Waals surface area contributed by atoms with Gasteiger partial charge in [0.2, 0.25) is 5.78 Å². The van der Waals surface area contributed by atoms with Gasteiger partial charge in [0.1, 0.15) is 0 Å². The highest BCUT2D eigenvalue weighted by molar-refractivity contribution is 6.00. The van der Waals surface area contributed by atoms with Gasteiger partial charge in [0.25, 0.3) is 0 Å². The summed E-state index contributed by atoms with van der Waals surface area (Å²) in [5.74, 6) is 0.637. The van der Waals surface area contributed by atoms with E-state index in [9.17, 15) is 10.0 Å². The smallest absolute Gasteiger partial charge is 0.220 e. The second-order valence-electron chi connectivity index (χ2n) is 3.65. The number of hydrogen-bond donors (Lipinski definition) is 0. The highest BCUT2D eigenvalue weighted by Crippen LogP contribution is 2.29. The molecule has 1 heterocycles. The Hall–Kier alpha value is -2.01. The van der Waals surface area contributed by atoms with Gasteiger partial charge in [0.15, 0.2) is 17.3 Å². The van der Waals surface area contributed by atoms with Crippen LogP contribution in [-0.4, -0.2) is 24.0 Å². The first kappa shape index (κ1) is 11.5. The summed E-state index contributed by atoms with van der Waals surface area (Å²) in [6.45, 7) is 1.53. The van der Waals surface area contributed by atoms with Crippen molar-refractivity contribution in [3.05, 3.63) is 41.4 Å². The van der Waals surface area contributed by atoms with Crippen molar-refractivity contribution in [3.63, 3.8) is 0 Å². The number of para-hydroxylation sites is 2. The van der Waals surface area contributed by atoms with Crippen molar-refractivity contribution in [1.82, 2.24) is 5.06 Å². The molecule has 1 aromatic carbocycles. The van der Waals surface area contributed by atoms with E-state index in [0.29, 0.717) is 16.6 Å². The van der Waals surface area contributed by atoms with Crippen LogP contribution in [0.1, 0.15) is 6.92 Å². The van der Waals surface area contributed by atoms with Gasteiger partial charge in [0.05, 0.1) is 13.2 Å². The molecule has 1 aromatic rings. The molecule has 5 nitrogen and oxygen atoms in total. The Labute approximate surface area is 98.8 Å². The number of rotatable bonds is 3. The third kappa shape index (κ3) is 2.09. The van der Waals surface area contributed by atoms with Crippen LogP contribution in [0.25, 0.3) is 0 Å². The molecular formula is C12H12NO4-. The van der Waals surface area contributed by atoms with Crippen molar-refractivity contribution in [3.8, 4) is 11.5 Å². The predicted octanol–water partition coefficient (Wildman–Crippen LogP) is 1.69. The van der Waals surface area contributed by atoms with Crippen LogP contribution in [0.15, 0.2) is 36.2 Å². The number of nitrogens with zero attached hydrogens (tertiary/aromatic N) is 1. The molecule has 0 amide bonds. The second-order valence-corrected chi connectivity index (χ2v) is 3.65. The Balaban J connectivity index is 2.22. The van der Waals surface area contributed by atoms with Crippen LogP contribution in [0.2, 0.25) is 0 Å². The predicted molar refractivity (Wildman–Crippen MR) is 61.4 cm³/mol. The third-order valence-electron chi connectivity index (χ3n) is 2.54. The zero-order valence-electron chi connectivity index (χ0n) is 9.54. The lowest BCUT2D eigenvalue weighted by Crippen LogP contribution is -2.25. The largest absolute Gasteiger partial charge is 0.758 e. The lowest BCUT2D eigenvalue weighted by molar-refractivity contribution is -0.119. The number of ketones is 1. The molecule has 0 aliphatic carbocycles. The molecule has 0 saturated heterocycles. The Morgan fingerprint density at radius 3 is 2.47 bits per heavy atom. The molecule has 0 N–H and O–H groups in total. The van der Waals surface area contributed by atoms with Crippen molar-refractivity contribution in [1.29, 1.82) is 0 Å². The van der Waals surface area contributed by atoms with Crippen LogP contribution in [0, 0.1) is 5.21 Å². The molecule has 0 radical (unpaired) electrons. The number of carbonyl (C=O) groups is 1. The topological polar surface area (TPSA) is 61.8 Å². The molecule has 90 valence electrons. The van der Waals surface area contributed by atoms with Crippen LogP contribution in [-0.2, 0) is 4.79 Å². The van der Waals surface area contributed by atoms with Crippen LogP contribution in [0.3, 0.4) is 0 Å². The lowest BCUT2D eigenvalue weighted by Gasteiger charge is -2.25. The number of benzene rings is 1. The van der Waals surface area contributed by atoms with Crippen LogP contribution in [0.5, 0.6) is 11.5 Å². The maximum absolute atomic E-state index is 11.6. The van der Waals surface area contributed by atoms with Gasteiger partial charge in [-0.3, -0.25) is 4.79 Å². The van der Waals surface area contributed by atoms with E-state index in [-0.39, 0.29) is 11.5 Å². The summed E-state index contributed by atoms with van der Waals surface area (Å²) in [7, 11) is 1.51. The fourth-order valence-corrected chi connectivity index (χ4v) is 1.51. The summed E-state index contributed by atoms with van der Waals surface area (Å²) in [5, 5.41) is 11.8. The van der Waals surface area contributed by atoms with Crippen LogP contribution < -0.4 is 9.47 Å². The maximum Gasteiger partial charge on any atom is 0.220 e. The summed E-state index contributed by atoms with van der Waals surface area (Å²) < 4.78 is 10.5. The number of Topliss-reactive ketones (excluding diaryl/α,β-unsaturated/α-hetero) is 1. The van der Waals surface area contributed by atoms with Gasteiger partial charge in [-0.05, 0) is 19.1 Å². The minimum absolute atomic E-state index is 0.0389. The van der Waals surface area contributed by atoms with Crippen molar-refractivity contribution >= 4 is 5.78 Å². The number of hydroxylamine groups is 2. The van der Waals surface area contributed by atoms with E-state index in [1.54, 1.807) is 24.3 Å². The van der Waals surface area contributed by atoms with Gasteiger partial charge in [-0.15, -0.1) is 0 Å². The van der Waals surface area contributed by atoms with Gasteiger partial charge in [-0.1, -0.05) is 12.1 Å². The van der Waals surface area contributed by atoms with Gasteiger partial charge in [-0.25, -0.2) is 0 Å².